The number of nitrogens with zero attached hydrogens (tertiary/aromatic N) is 1. The van der Waals surface area contributed by atoms with Gasteiger partial charge in [-0.15, -0.1) is 0 Å². The monoisotopic (exact) mass is 437 g/mol. The molecule has 0 aromatic heterocycles. The Bertz CT molecular complexity index is 1010. The number of carbonyl (C=O) groups excluding carboxylic acids is 3. The van der Waals surface area contributed by atoms with Crippen LogP contribution in [0.3, 0.4) is 0 Å². The molecule has 2 aliphatic heterocycles. The fourth-order valence-electron chi connectivity index (χ4n) is 3.89. The smallest absolute Gasteiger partial charge is 0.247 e. The van der Waals surface area contributed by atoms with Gasteiger partial charge in [0.1, 0.15) is 19.3 Å². The van der Waals surface area contributed by atoms with Crippen LogP contribution in [0.4, 0.5) is 11.4 Å². The Hall–Kier alpha value is -3.55. The van der Waals surface area contributed by atoms with Crippen molar-refractivity contribution in [3.05, 3.63) is 48.5 Å². The summed E-state index contributed by atoms with van der Waals surface area (Å²) in [6, 6.07) is 13.7. The second kappa shape index (κ2) is 9.30. The molecule has 1 unspecified atom stereocenters. The van der Waals surface area contributed by atoms with Crippen molar-refractivity contribution < 1.29 is 23.9 Å². The molecule has 2 N–H and O–H groups in total. The van der Waals surface area contributed by atoms with Crippen molar-refractivity contribution in [2.75, 3.05) is 30.0 Å². The lowest BCUT2D eigenvalue weighted by Gasteiger charge is -2.24. The van der Waals surface area contributed by atoms with Crippen LogP contribution in [0.15, 0.2) is 48.5 Å². The van der Waals surface area contributed by atoms with Gasteiger partial charge in [-0.25, -0.2) is 0 Å². The number of ether oxygens (including phenoxy) is 2. The molecular formula is C24H27N3O5. The summed E-state index contributed by atoms with van der Waals surface area (Å²) in [5.41, 5.74) is 1.33. The standard InChI is InChI=1S/C24H27N3O5/c1-15(2)22(24(30)25-17-8-9-19-20(13-17)32-11-10-31-19)26-23(29)16-12-21(28)27(14-16)18-6-4-3-5-7-18/h3-9,13,15-16,22H,10-12,14H2,1-2H3,(H,25,30)(H,26,29)/t16?,22-/m0/s1. The van der Waals surface area contributed by atoms with E-state index in [0.29, 0.717) is 36.9 Å². The van der Waals surface area contributed by atoms with Crippen LogP contribution < -0.4 is 25.0 Å². The lowest BCUT2D eigenvalue weighted by molar-refractivity contribution is -0.130. The van der Waals surface area contributed by atoms with Crippen LogP contribution in [0.5, 0.6) is 11.5 Å². The summed E-state index contributed by atoms with van der Waals surface area (Å²) in [6.45, 7) is 4.97. The van der Waals surface area contributed by atoms with Gasteiger partial charge in [0, 0.05) is 30.4 Å². The fraction of sp³-hybridized carbons (Fsp3) is 0.375. The van der Waals surface area contributed by atoms with Crippen molar-refractivity contribution in [3.63, 3.8) is 0 Å². The molecular weight excluding hydrogens is 410 g/mol. The highest BCUT2D eigenvalue weighted by Gasteiger charge is 2.37. The first kappa shape index (κ1) is 21.7. The van der Waals surface area contributed by atoms with Crippen LogP contribution >= 0.6 is 0 Å². The zero-order valence-electron chi connectivity index (χ0n) is 18.2. The number of rotatable bonds is 6. The molecule has 168 valence electrons. The van der Waals surface area contributed by atoms with Crippen LogP contribution in [0.25, 0.3) is 0 Å². The molecule has 3 amide bonds. The number of para-hydroxylation sites is 1. The molecule has 2 atom stereocenters. The van der Waals surface area contributed by atoms with Gasteiger partial charge in [0.15, 0.2) is 11.5 Å². The fourth-order valence-corrected chi connectivity index (χ4v) is 3.89. The Morgan fingerprint density at radius 1 is 1.03 bits per heavy atom. The lowest BCUT2D eigenvalue weighted by Crippen LogP contribution is -2.49. The van der Waals surface area contributed by atoms with Crippen LogP contribution in [0, 0.1) is 11.8 Å². The quantitative estimate of drug-likeness (QED) is 0.724. The van der Waals surface area contributed by atoms with Crippen molar-refractivity contribution in [1.82, 2.24) is 5.32 Å². The predicted octanol–water partition coefficient (Wildman–Crippen LogP) is 2.59. The average Bonchev–Trinajstić information content (AvgIpc) is 3.19. The summed E-state index contributed by atoms with van der Waals surface area (Å²) < 4.78 is 11.1. The van der Waals surface area contributed by atoms with Gasteiger partial charge in [0.05, 0.1) is 5.92 Å². The molecule has 0 spiro atoms. The predicted molar refractivity (Wildman–Crippen MR) is 120 cm³/mol. The Morgan fingerprint density at radius 3 is 2.47 bits per heavy atom. The Kier molecular flexibility index (Phi) is 6.30. The third kappa shape index (κ3) is 4.69. The van der Waals surface area contributed by atoms with E-state index in [1.807, 2.05) is 44.2 Å². The molecule has 2 aromatic rings. The number of hydrogen-bond donors (Lipinski definition) is 2. The maximum atomic E-state index is 12.9. The van der Waals surface area contributed by atoms with Crippen molar-refractivity contribution in [2.45, 2.75) is 26.3 Å². The highest BCUT2D eigenvalue weighted by atomic mass is 16.6. The molecule has 32 heavy (non-hydrogen) atoms. The third-order valence-corrected chi connectivity index (χ3v) is 5.62. The van der Waals surface area contributed by atoms with Crippen molar-refractivity contribution in [3.8, 4) is 11.5 Å². The summed E-state index contributed by atoms with van der Waals surface area (Å²) in [7, 11) is 0. The van der Waals surface area contributed by atoms with Gasteiger partial charge < -0.3 is 25.0 Å². The van der Waals surface area contributed by atoms with Crippen LogP contribution in [0.2, 0.25) is 0 Å². The highest BCUT2D eigenvalue weighted by Crippen LogP contribution is 2.32. The zero-order valence-corrected chi connectivity index (χ0v) is 18.2. The van der Waals surface area contributed by atoms with E-state index in [1.165, 1.54) is 0 Å². The first-order valence-electron chi connectivity index (χ1n) is 10.8. The number of hydrogen-bond acceptors (Lipinski definition) is 5. The van der Waals surface area contributed by atoms with E-state index in [-0.39, 0.29) is 30.1 Å². The van der Waals surface area contributed by atoms with Gasteiger partial charge >= 0.3 is 0 Å². The number of fused-ring (bicyclic) bond motifs is 1. The number of anilines is 2. The van der Waals surface area contributed by atoms with Gasteiger partial charge in [-0.1, -0.05) is 32.0 Å². The van der Waals surface area contributed by atoms with E-state index in [1.54, 1.807) is 23.1 Å². The van der Waals surface area contributed by atoms with Crippen LogP contribution in [-0.2, 0) is 14.4 Å². The summed E-state index contributed by atoms with van der Waals surface area (Å²) in [6.07, 6.45) is 0.120. The first-order chi connectivity index (χ1) is 15.4. The average molecular weight is 437 g/mol. The minimum absolute atomic E-state index is 0.0989. The van der Waals surface area contributed by atoms with E-state index < -0.39 is 12.0 Å². The highest BCUT2D eigenvalue weighted by molar-refractivity contribution is 6.02. The zero-order chi connectivity index (χ0) is 22.7. The summed E-state index contributed by atoms with van der Waals surface area (Å²) in [4.78, 5) is 39.9. The van der Waals surface area contributed by atoms with E-state index in [0.717, 1.165) is 5.69 Å². The van der Waals surface area contributed by atoms with Crippen LogP contribution in [-0.4, -0.2) is 43.5 Å². The molecule has 1 saturated heterocycles. The largest absolute Gasteiger partial charge is 0.486 e. The van der Waals surface area contributed by atoms with Gasteiger partial charge in [-0.3, -0.25) is 14.4 Å². The molecule has 8 heteroatoms. The van der Waals surface area contributed by atoms with Gasteiger partial charge in [0.25, 0.3) is 0 Å². The maximum Gasteiger partial charge on any atom is 0.247 e. The molecule has 8 nitrogen and oxygen atoms in total. The summed E-state index contributed by atoms with van der Waals surface area (Å²) in [5, 5.41) is 5.69. The molecule has 4 rings (SSSR count). The molecule has 2 aromatic carbocycles. The number of benzene rings is 2. The Labute approximate surface area is 186 Å². The third-order valence-electron chi connectivity index (χ3n) is 5.62. The van der Waals surface area contributed by atoms with E-state index in [2.05, 4.69) is 10.6 Å². The molecule has 2 heterocycles. The van der Waals surface area contributed by atoms with E-state index in [4.69, 9.17) is 9.47 Å². The number of nitrogens with one attached hydrogen (secondary N) is 2. The van der Waals surface area contributed by atoms with Gasteiger partial charge in [-0.2, -0.15) is 0 Å². The minimum Gasteiger partial charge on any atom is -0.486 e. The Balaban J connectivity index is 1.40. The van der Waals surface area contributed by atoms with Crippen molar-refractivity contribution >= 4 is 29.1 Å². The SMILES string of the molecule is CC(C)[C@H](NC(=O)C1CC(=O)N(c2ccccc2)C1)C(=O)Nc1ccc2c(c1)OCCO2. The normalized spacial score (nSPS) is 18.4. The topological polar surface area (TPSA) is 97.0 Å². The minimum atomic E-state index is -0.739. The number of amides is 3. The molecule has 0 radical (unpaired) electrons. The molecule has 0 aliphatic carbocycles. The van der Waals surface area contributed by atoms with Crippen molar-refractivity contribution in [2.24, 2.45) is 11.8 Å². The summed E-state index contributed by atoms with van der Waals surface area (Å²) in [5.74, 6) is -0.161. The molecule has 0 bridgehead atoms. The lowest BCUT2D eigenvalue weighted by atomic mass is 10.0. The molecule has 0 saturated carbocycles. The van der Waals surface area contributed by atoms with Crippen molar-refractivity contribution in [1.29, 1.82) is 0 Å². The molecule has 1 fully saturated rings. The molecule has 2 aliphatic rings. The van der Waals surface area contributed by atoms with E-state index >= 15 is 0 Å². The van der Waals surface area contributed by atoms with Gasteiger partial charge in [-0.05, 0) is 30.2 Å². The Morgan fingerprint density at radius 2 is 1.75 bits per heavy atom. The second-order valence-corrected chi connectivity index (χ2v) is 8.32. The number of carbonyl (C=O) groups is 3. The van der Waals surface area contributed by atoms with Gasteiger partial charge in [0.2, 0.25) is 17.7 Å². The second-order valence-electron chi connectivity index (χ2n) is 8.32. The summed E-state index contributed by atoms with van der Waals surface area (Å²) >= 11 is 0. The van der Waals surface area contributed by atoms with E-state index in [9.17, 15) is 14.4 Å². The maximum absolute atomic E-state index is 12.9. The van der Waals surface area contributed by atoms with Crippen LogP contribution in [0.1, 0.15) is 20.3 Å². The first-order valence-corrected chi connectivity index (χ1v) is 10.8.